The number of hydrogen-bond donors (Lipinski definition) is 1. The summed E-state index contributed by atoms with van der Waals surface area (Å²) >= 11 is 0. The van der Waals surface area contributed by atoms with E-state index in [1.54, 1.807) is 6.08 Å². The van der Waals surface area contributed by atoms with Gasteiger partial charge >= 0.3 is 5.97 Å². The smallest absolute Gasteiger partial charge is 0.310 e. The molecular formula is C12H12O2. The molecule has 1 aromatic rings. The van der Waals surface area contributed by atoms with Crippen LogP contribution in [0.2, 0.25) is 0 Å². The van der Waals surface area contributed by atoms with Gasteiger partial charge in [0.25, 0.3) is 0 Å². The second-order valence-electron chi connectivity index (χ2n) is 3.71. The third kappa shape index (κ3) is 1.55. The molecule has 1 aliphatic carbocycles. The van der Waals surface area contributed by atoms with E-state index in [4.69, 9.17) is 5.11 Å². The zero-order chi connectivity index (χ0) is 10.1. The summed E-state index contributed by atoms with van der Waals surface area (Å²) in [4.78, 5) is 10.8. The van der Waals surface area contributed by atoms with E-state index in [9.17, 15) is 4.79 Å². The highest BCUT2D eigenvalue weighted by Gasteiger charge is 2.19. The van der Waals surface area contributed by atoms with Crippen LogP contribution in [0.5, 0.6) is 0 Å². The van der Waals surface area contributed by atoms with Gasteiger partial charge in [0, 0.05) is 0 Å². The van der Waals surface area contributed by atoms with Crippen LogP contribution >= 0.6 is 0 Å². The number of carboxylic acid groups (broad SMARTS) is 1. The zero-order valence-electron chi connectivity index (χ0n) is 8.03. The van der Waals surface area contributed by atoms with Gasteiger partial charge in [-0.25, -0.2) is 0 Å². The van der Waals surface area contributed by atoms with E-state index in [0.717, 1.165) is 11.1 Å². The maximum Gasteiger partial charge on any atom is 0.310 e. The molecule has 1 unspecified atom stereocenters. The summed E-state index contributed by atoms with van der Waals surface area (Å²) in [5.41, 5.74) is 3.50. The minimum atomic E-state index is -0.743. The van der Waals surface area contributed by atoms with Crippen LogP contribution in [-0.4, -0.2) is 11.1 Å². The van der Waals surface area contributed by atoms with E-state index in [0.29, 0.717) is 6.42 Å². The van der Waals surface area contributed by atoms with Gasteiger partial charge in [-0.05, 0) is 24.5 Å². The van der Waals surface area contributed by atoms with Crippen molar-refractivity contribution < 1.29 is 9.90 Å². The van der Waals surface area contributed by atoms with Gasteiger partial charge < -0.3 is 5.11 Å². The van der Waals surface area contributed by atoms with E-state index in [1.807, 2.05) is 25.1 Å². The number of fused-ring (bicyclic) bond motifs is 1. The fourth-order valence-electron chi connectivity index (χ4n) is 1.75. The Bertz CT molecular complexity index is 405. The molecule has 0 heterocycles. The molecule has 14 heavy (non-hydrogen) atoms. The van der Waals surface area contributed by atoms with Crippen molar-refractivity contribution in [1.29, 1.82) is 0 Å². The number of aryl methyl sites for hydroxylation is 1. The van der Waals surface area contributed by atoms with Crippen molar-refractivity contribution in [2.24, 2.45) is 5.92 Å². The molecule has 0 spiro atoms. The lowest BCUT2D eigenvalue weighted by Gasteiger charge is -2.16. The molecule has 0 aromatic heterocycles. The first-order valence-corrected chi connectivity index (χ1v) is 4.67. The predicted octanol–water partition coefficient (Wildman–Crippen LogP) is 2.27. The third-order valence-electron chi connectivity index (χ3n) is 2.57. The normalized spacial score (nSPS) is 19.1. The van der Waals surface area contributed by atoms with Crippen LogP contribution in [0.15, 0.2) is 24.3 Å². The van der Waals surface area contributed by atoms with Crippen LogP contribution in [0, 0.1) is 12.8 Å². The highest BCUT2D eigenvalue weighted by Crippen LogP contribution is 2.23. The average Bonchev–Trinajstić information content (AvgIpc) is 2.16. The molecule has 0 saturated heterocycles. The second kappa shape index (κ2) is 3.29. The predicted molar refractivity (Wildman–Crippen MR) is 55.0 cm³/mol. The molecule has 2 rings (SSSR count). The maximum absolute atomic E-state index is 10.8. The van der Waals surface area contributed by atoms with Crippen molar-refractivity contribution in [1.82, 2.24) is 0 Å². The van der Waals surface area contributed by atoms with Crippen LogP contribution in [0.25, 0.3) is 6.08 Å². The van der Waals surface area contributed by atoms with Crippen molar-refractivity contribution in [2.75, 3.05) is 0 Å². The van der Waals surface area contributed by atoms with Crippen LogP contribution in [-0.2, 0) is 11.2 Å². The van der Waals surface area contributed by atoms with Gasteiger partial charge in [-0.15, -0.1) is 0 Å². The zero-order valence-corrected chi connectivity index (χ0v) is 8.03. The SMILES string of the molecule is Cc1ccc2c(c1)C=CC(C(=O)O)C2. The summed E-state index contributed by atoms with van der Waals surface area (Å²) in [6.45, 7) is 2.04. The Hall–Kier alpha value is -1.57. The summed E-state index contributed by atoms with van der Waals surface area (Å²) in [6.07, 6.45) is 4.29. The largest absolute Gasteiger partial charge is 0.481 e. The second-order valence-corrected chi connectivity index (χ2v) is 3.71. The third-order valence-corrected chi connectivity index (χ3v) is 2.57. The van der Waals surface area contributed by atoms with Crippen LogP contribution in [0.1, 0.15) is 16.7 Å². The lowest BCUT2D eigenvalue weighted by atomic mass is 9.89. The topological polar surface area (TPSA) is 37.3 Å². The number of aliphatic carboxylic acids is 1. The van der Waals surface area contributed by atoms with Crippen molar-refractivity contribution in [3.05, 3.63) is 41.0 Å². The average molecular weight is 188 g/mol. The Morgan fingerprint density at radius 2 is 2.29 bits per heavy atom. The summed E-state index contributed by atoms with van der Waals surface area (Å²) in [5, 5.41) is 8.87. The standard InChI is InChI=1S/C12H12O2/c1-8-2-3-10-7-11(12(13)14)5-4-9(10)6-8/h2-6,11H,7H2,1H3,(H,13,14). The fraction of sp³-hybridized carbons (Fsp3) is 0.250. The molecule has 1 aromatic carbocycles. The van der Waals surface area contributed by atoms with E-state index in [2.05, 4.69) is 6.07 Å². The molecular weight excluding hydrogens is 176 g/mol. The Morgan fingerprint density at radius 1 is 1.50 bits per heavy atom. The summed E-state index contributed by atoms with van der Waals surface area (Å²) in [7, 11) is 0. The number of hydrogen-bond acceptors (Lipinski definition) is 1. The highest BCUT2D eigenvalue weighted by molar-refractivity contribution is 5.76. The summed E-state index contributed by atoms with van der Waals surface area (Å²) in [5.74, 6) is -1.10. The summed E-state index contributed by atoms with van der Waals surface area (Å²) < 4.78 is 0. The monoisotopic (exact) mass is 188 g/mol. The van der Waals surface area contributed by atoms with Gasteiger partial charge in [0.2, 0.25) is 0 Å². The molecule has 0 bridgehead atoms. The highest BCUT2D eigenvalue weighted by atomic mass is 16.4. The quantitative estimate of drug-likeness (QED) is 0.734. The van der Waals surface area contributed by atoms with E-state index in [-0.39, 0.29) is 5.92 Å². The van der Waals surface area contributed by atoms with Gasteiger partial charge in [-0.1, -0.05) is 35.9 Å². The molecule has 0 radical (unpaired) electrons. The van der Waals surface area contributed by atoms with Crippen molar-refractivity contribution in [3.63, 3.8) is 0 Å². The molecule has 0 saturated carbocycles. The number of benzene rings is 1. The number of carbonyl (C=O) groups is 1. The molecule has 1 aliphatic rings. The van der Waals surface area contributed by atoms with E-state index < -0.39 is 5.97 Å². The summed E-state index contributed by atoms with van der Waals surface area (Å²) in [6, 6.07) is 6.13. The Balaban J connectivity index is 2.36. The first kappa shape index (κ1) is 9.00. The van der Waals surface area contributed by atoms with Crippen molar-refractivity contribution >= 4 is 12.0 Å². The molecule has 2 nitrogen and oxygen atoms in total. The first-order chi connectivity index (χ1) is 6.66. The van der Waals surface area contributed by atoms with Crippen LogP contribution in [0.3, 0.4) is 0 Å². The Kier molecular flexibility index (Phi) is 2.12. The van der Waals surface area contributed by atoms with Gasteiger partial charge in [0.1, 0.15) is 0 Å². The molecule has 2 heteroatoms. The maximum atomic E-state index is 10.8. The fourth-order valence-corrected chi connectivity index (χ4v) is 1.75. The van der Waals surface area contributed by atoms with Crippen LogP contribution < -0.4 is 0 Å². The molecule has 0 fully saturated rings. The van der Waals surface area contributed by atoms with Gasteiger partial charge in [-0.2, -0.15) is 0 Å². The molecule has 1 atom stereocenters. The van der Waals surface area contributed by atoms with Crippen molar-refractivity contribution in [2.45, 2.75) is 13.3 Å². The minimum Gasteiger partial charge on any atom is -0.481 e. The van der Waals surface area contributed by atoms with E-state index in [1.165, 1.54) is 5.56 Å². The molecule has 1 N–H and O–H groups in total. The first-order valence-electron chi connectivity index (χ1n) is 4.67. The molecule has 72 valence electrons. The Labute approximate surface area is 82.9 Å². The van der Waals surface area contributed by atoms with E-state index >= 15 is 0 Å². The van der Waals surface area contributed by atoms with Crippen molar-refractivity contribution in [3.8, 4) is 0 Å². The van der Waals surface area contributed by atoms with Gasteiger partial charge in [-0.3, -0.25) is 4.79 Å². The number of rotatable bonds is 1. The molecule has 0 amide bonds. The Morgan fingerprint density at radius 3 is 3.00 bits per heavy atom. The van der Waals surface area contributed by atoms with Gasteiger partial charge in [0.05, 0.1) is 5.92 Å². The lowest BCUT2D eigenvalue weighted by Crippen LogP contribution is -2.16. The molecule has 0 aliphatic heterocycles. The van der Waals surface area contributed by atoms with Gasteiger partial charge in [0.15, 0.2) is 0 Å². The van der Waals surface area contributed by atoms with Crippen LogP contribution in [0.4, 0.5) is 0 Å². The number of carboxylic acids is 1. The minimum absolute atomic E-state index is 0.356. The lowest BCUT2D eigenvalue weighted by molar-refractivity contribution is -0.140.